The van der Waals surface area contributed by atoms with Crippen LogP contribution in [0.4, 0.5) is 5.69 Å². The van der Waals surface area contributed by atoms with Gasteiger partial charge < -0.3 is 9.47 Å². The van der Waals surface area contributed by atoms with Gasteiger partial charge in [0, 0.05) is 11.1 Å². The Hall–Kier alpha value is -4.26. The molecule has 3 aromatic rings. The number of esters is 1. The number of ketones is 1. The number of benzene rings is 3. The van der Waals surface area contributed by atoms with Gasteiger partial charge in [0.1, 0.15) is 12.4 Å². The van der Waals surface area contributed by atoms with Gasteiger partial charge in [-0.15, -0.1) is 0 Å². The normalized spacial score (nSPS) is 12.5. The highest BCUT2D eigenvalue weighted by Gasteiger charge is 2.36. The molecule has 160 valence electrons. The van der Waals surface area contributed by atoms with Crippen LogP contribution in [-0.4, -0.2) is 30.7 Å². The molecule has 0 N–H and O–H groups in total. The van der Waals surface area contributed by atoms with E-state index in [-0.39, 0.29) is 23.6 Å². The molecule has 1 aliphatic rings. The van der Waals surface area contributed by atoms with Gasteiger partial charge in [0.05, 0.1) is 29.5 Å². The second-order valence-corrected chi connectivity index (χ2v) is 7.20. The summed E-state index contributed by atoms with van der Waals surface area (Å²) in [5.74, 6) is -1.15. The maximum Gasteiger partial charge on any atom is 0.338 e. The molecule has 4 rings (SSSR count). The third-order valence-electron chi connectivity index (χ3n) is 5.18. The maximum atomic E-state index is 12.7. The second-order valence-electron chi connectivity index (χ2n) is 7.20. The maximum absolute atomic E-state index is 12.7. The van der Waals surface area contributed by atoms with E-state index in [4.69, 9.17) is 9.47 Å². The minimum atomic E-state index is -0.640. The van der Waals surface area contributed by atoms with Crippen molar-refractivity contribution in [3.63, 3.8) is 0 Å². The lowest BCUT2D eigenvalue weighted by molar-refractivity contribution is 0.0469. The van der Waals surface area contributed by atoms with E-state index in [0.29, 0.717) is 28.0 Å². The number of hydrogen-bond donors (Lipinski definition) is 0. The molecule has 3 aromatic carbocycles. The molecule has 1 heterocycles. The Morgan fingerprint density at radius 3 is 2.16 bits per heavy atom. The molecule has 0 atom stereocenters. The van der Waals surface area contributed by atoms with E-state index >= 15 is 0 Å². The molecule has 0 spiro atoms. The summed E-state index contributed by atoms with van der Waals surface area (Å²) in [6.45, 7) is 1.34. The highest BCUT2D eigenvalue weighted by atomic mass is 16.5. The first-order chi connectivity index (χ1) is 15.4. The quantitative estimate of drug-likeness (QED) is 0.334. The van der Waals surface area contributed by atoms with Crippen molar-refractivity contribution in [2.45, 2.75) is 13.5 Å². The second kappa shape index (κ2) is 8.47. The molecule has 1 aliphatic heterocycles. The van der Waals surface area contributed by atoms with Gasteiger partial charge in [-0.1, -0.05) is 18.2 Å². The van der Waals surface area contributed by atoms with Gasteiger partial charge in [0.25, 0.3) is 11.8 Å². The first kappa shape index (κ1) is 21.0. The van der Waals surface area contributed by atoms with Crippen molar-refractivity contribution in [1.29, 1.82) is 0 Å². The lowest BCUT2D eigenvalue weighted by atomic mass is 10.1. The minimum Gasteiger partial charge on any atom is -0.496 e. The summed E-state index contributed by atoms with van der Waals surface area (Å²) in [7, 11) is 1.49. The van der Waals surface area contributed by atoms with Gasteiger partial charge in [0.15, 0.2) is 5.78 Å². The lowest BCUT2D eigenvalue weighted by Gasteiger charge is -2.15. The van der Waals surface area contributed by atoms with Crippen LogP contribution in [0.2, 0.25) is 0 Å². The average molecular weight is 429 g/mol. The van der Waals surface area contributed by atoms with Gasteiger partial charge in [-0.05, 0) is 55.5 Å². The van der Waals surface area contributed by atoms with Crippen molar-refractivity contribution >= 4 is 29.3 Å². The minimum absolute atomic E-state index is 0.111. The van der Waals surface area contributed by atoms with Crippen LogP contribution < -0.4 is 9.64 Å². The van der Waals surface area contributed by atoms with E-state index in [0.717, 1.165) is 4.90 Å². The monoisotopic (exact) mass is 429 g/mol. The molecular weight excluding hydrogens is 410 g/mol. The van der Waals surface area contributed by atoms with Crippen molar-refractivity contribution in [2.75, 3.05) is 12.0 Å². The molecule has 0 aliphatic carbocycles. The van der Waals surface area contributed by atoms with Crippen molar-refractivity contribution in [3.8, 4) is 5.75 Å². The predicted octanol–water partition coefficient (Wildman–Crippen LogP) is 4.06. The summed E-state index contributed by atoms with van der Waals surface area (Å²) in [6, 6.07) is 17.6. The van der Waals surface area contributed by atoms with E-state index in [9.17, 15) is 19.2 Å². The number of ether oxygens (including phenoxy) is 2. The summed E-state index contributed by atoms with van der Waals surface area (Å²) in [5.41, 5.74) is 2.13. The van der Waals surface area contributed by atoms with Crippen LogP contribution in [0.25, 0.3) is 0 Å². The zero-order valence-corrected chi connectivity index (χ0v) is 17.5. The molecule has 7 nitrogen and oxygen atoms in total. The van der Waals surface area contributed by atoms with Crippen LogP contribution in [0.5, 0.6) is 5.75 Å². The third kappa shape index (κ3) is 3.76. The number of nitrogens with zero attached hydrogens (tertiary/aromatic N) is 1. The Kier molecular flexibility index (Phi) is 5.55. The number of rotatable bonds is 6. The molecule has 0 fully saturated rings. The summed E-state index contributed by atoms with van der Waals surface area (Å²) in [5, 5.41) is 0. The van der Waals surface area contributed by atoms with E-state index in [2.05, 4.69) is 0 Å². The van der Waals surface area contributed by atoms with Gasteiger partial charge in [0.2, 0.25) is 0 Å². The SMILES string of the molecule is COc1ccc(C(C)=O)cc1COC(=O)c1cccc(N2C(=O)c3ccccc3C2=O)c1. The number of methoxy groups -OCH3 is 1. The van der Waals surface area contributed by atoms with Crippen LogP contribution >= 0.6 is 0 Å². The first-order valence-corrected chi connectivity index (χ1v) is 9.83. The summed E-state index contributed by atoms with van der Waals surface area (Å²) in [4.78, 5) is 50.8. The number of carbonyl (C=O) groups is 4. The molecule has 2 amide bonds. The van der Waals surface area contributed by atoms with Gasteiger partial charge in [-0.3, -0.25) is 14.4 Å². The van der Waals surface area contributed by atoms with E-state index in [1.54, 1.807) is 54.6 Å². The average Bonchev–Trinajstić information content (AvgIpc) is 3.07. The topological polar surface area (TPSA) is 90.0 Å². The third-order valence-corrected chi connectivity index (χ3v) is 5.18. The van der Waals surface area contributed by atoms with Crippen LogP contribution in [0.15, 0.2) is 66.7 Å². The Bertz CT molecular complexity index is 1230. The summed E-state index contributed by atoms with van der Waals surface area (Å²) in [6.07, 6.45) is 0. The lowest BCUT2D eigenvalue weighted by Crippen LogP contribution is -2.29. The fraction of sp³-hybridized carbons (Fsp3) is 0.120. The van der Waals surface area contributed by atoms with Crippen molar-refractivity contribution in [2.24, 2.45) is 0 Å². The van der Waals surface area contributed by atoms with Crippen molar-refractivity contribution in [3.05, 3.63) is 94.5 Å². The Labute approximate surface area is 184 Å². The Morgan fingerprint density at radius 1 is 0.844 bits per heavy atom. The number of amides is 2. The Balaban J connectivity index is 1.54. The predicted molar refractivity (Wildman–Crippen MR) is 116 cm³/mol. The Morgan fingerprint density at radius 2 is 1.53 bits per heavy atom. The first-order valence-electron chi connectivity index (χ1n) is 9.83. The molecule has 7 heteroatoms. The van der Waals surface area contributed by atoms with Crippen LogP contribution in [-0.2, 0) is 11.3 Å². The number of Topliss-reactive ketones (excluding diaryl/α,β-unsaturated/α-hetero) is 1. The molecule has 0 saturated carbocycles. The van der Waals surface area contributed by atoms with Crippen molar-refractivity contribution < 1.29 is 28.7 Å². The largest absolute Gasteiger partial charge is 0.496 e. The standard InChI is InChI=1S/C25H19NO6/c1-15(27)16-10-11-22(31-2)18(12-16)14-32-25(30)17-6-5-7-19(13-17)26-23(28)20-8-3-4-9-21(20)24(26)29/h3-13H,14H2,1-2H3. The molecule has 0 bridgehead atoms. The van der Waals surface area contributed by atoms with E-state index in [1.807, 2.05) is 0 Å². The fourth-order valence-electron chi connectivity index (χ4n) is 3.53. The zero-order valence-electron chi connectivity index (χ0n) is 17.5. The van der Waals surface area contributed by atoms with Gasteiger partial charge in [-0.2, -0.15) is 0 Å². The van der Waals surface area contributed by atoms with Crippen molar-refractivity contribution in [1.82, 2.24) is 0 Å². The van der Waals surface area contributed by atoms with Crippen LogP contribution in [0, 0.1) is 0 Å². The molecule has 32 heavy (non-hydrogen) atoms. The smallest absolute Gasteiger partial charge is 0.338 e. The molecular formula is C25H19NO6. The molecule has 0 radical (unpaired) electrons. The number of anilines is 1. The summed E-state index contributed by atoms with van der Waals surface area (Å²) >= 11 is 0. The van der Waals surface area contributed by atoms with Crippen LogP contribution in [0.3, 0.4) is 0 Å². The zero-order chi connectivity index (χ0) is 22.8. The van der Waals surface area contributed by atoms with Gasteiger partial charge >= 0.3 is 5.97 Å². The molecule has 0 unspecified atom stereocenters. The van der Waals surface area contributed by atoms with Crippen LogP contribution in [0.1, 0.15) is 53.9 Å². The summed E-state index contributed by atoms with van der Waals surface area (Å²) < 4.78 is 10.7. The number of carbonyl (C=O) groups excluding carboxylic acids is 4. The highest BCUT2D eigenvalue weighted by Crippen LogP contribution is 2.29. The fourth-order valence-corrected chi connectivity index (χ4v) is 3.53. The van der Waals surface area contributed by atoms with E-state index in [1.165, 1.54) is 26.2 Å². The molecule has 0 saturated heterocycles. The molecule has 0 aromatic heterocycles. The van der Waals surface area contributed by atoms with Gasteiger partial charge in [-0.25, -0.2) is 9.69 Å². The van der Waals surface area contributed by atoms with E-state index < -0.39 is 17.8 Å². The number of hydrogen-bond acceptors (Lipinski definition) is 6. The number of fused-ring (bicyclic) bond motifs is 1. The highest BCUT2D eigenvalue weighted by molar-refractivity contribution is 6.34. The number of imide groups is 1.